The van der Waals surface area contributed by atoms with Crippen LogP contribution in [0.3, 0.4) is 0 Å². The maximum Gasteiger partial charge on any atom is 0.296 e. The van der Waals surface area contributed by atoms with Gasteiger partial charge in [0.1, 0.15) is 0 Å². The first-order chi connectivity index (χ1) is 7.47. The average Bonchev–Trinajstić information content (AvgIpc) is 2.67. The Morgan fingerprint density at radius 3 is 2.56 bits per heavy atom. The Morgan fingerprint density at radius 1 is 1.31 bits per heavy atom. The van der Waals surface area contributed by atoms with Crippen molar-refractivity contribution < 1.29 is 8.42 Å². The van der Waals surface area contributed by atoms with E-state index in [0.29, 0.717) is 5.56 Å². The van der Waals surface area contributed by atoms with E-state index in [1.165, 1.54) is 18.3 Å². The zero-order chi connectivity index (χ0) is 11.8. The molecule has 0 saturated heterocycles. The number of aromatic nitrogens is 4. The fraction of sp³-hybridized carbons (Fsp3) is 0. The summed E-state index contributed by atoms with van der Waals surface area (Å²) in [6, 6.07) is 2.74. The van der Waals surface area contributed by atoms with Gasteiger partial charge in [0.05, 0.1) is 0 Å². The van der Waals surface area contributed by atoms with Gasteiger partial charge in [0, 0.05) is 28.5 Å². The Balaban J connectivity index is 2.47. The molecule has 2 rings (SSSR count). The standard InChI is InChI=1S/C7H5ClN4O3S/c8-16(14,15)7-10-6(11-12-7)4-1-2-5(13)9-3-4/h1-3H,(H,9,13)(H,10,11,12). The maximum atomic E-state index is 10.9. The molecule has 16 heavy (non-hydrogen) atoms. The van der Waals surface area contributed by atoms with Crippen LogP contribution >= 0.6 is 10.7 Å². The summed E-state index contributed by atoms with van der Waals surface area (Å²) in [7, 11) is 1.14. The highest BCUT2D eigenvalue weighted by atomic mass is 35.7. The molecule has 0 amide bonds. The number of rotatable bonds is 2. The number of H-pyrrole nitrogens is 2. The fourth-order valence-corrected chi connectivity index (χ4v) is 1.59. The van der Waals surface area contributed by atoms with Crippen LogP contribution < -0.4 is 5.56 Å². The summed E-state index contributed by atoms with van der Waals surface area (Å²) in [5.74, 6) is 0.135. The summed E-state index contributed by atoms with van der Waals surface area (Å²) in [5.41, 5.74) is 0.201. The Hall–Kier alpha value is -1.67. The second kappa shape index (κ2) is 3.72. The molecule has 0 bridgehead atoms. The van der Waals surface area contributed by atoms with E-state index in [2.05, 4.69) is 20.2 Å². The van der Waals surface area contributed by atoms with E-state index in [9.17, 15) is 13.2 Å². The minimum Gasteiger partial charge on any atom is -0.328 e. The van der Waals surface area contributed by atoms with Gasteiger partial charge in [0.15, 0.2) is 5.82 Å². The monoisotopic (exact) mass is 260 g/mol. The van der Waals surface area contributed by atoms with Gasteiger partial charge >= 0.3 is 0 Å². The van der Waals surface area contributed by atoms with Crippen molar-refractivity contribution in [2.45, 2.75) is 5.16 Å². The Bertz CT molecular complexity index is 654. The van der Waals surface area contributed by atoms with Gasteiger partial charge < -0.3 is 4.98 Å². The SMILES string of the molecule is O=c1ccc(-c2n[nH]c(S(=O)(=O)Cl)n2)c[nH]1. The van der Waals surface area contributed by atoms with E-state index < -0.39 is 14.2 Å². The number of nitrogens with one attached hydrogen (secondary N) is 2. The molecule has 0 spiro atoms. The van der Waals surface area contributed by atoms with Gasteiger partial charge in [-0.25, -0.2) is 13.5 Å². The van der Waals surface area contributed by atoms with E-state index in [4.69, 9.17) is 10.7 Å². The minimum absolute atomic E-state index is 0.135. The van der Waals surface area contributed by atoms with Crippen molar-refractivity contribution in [3.63, 3.8) is 0 Å². The van der Waals surface area contributed by atoms with E-state index >= 15 is 0 Å². The lowest BCUT2D eigenvalue weighted by Gasteiger charge is -1.91. The van der Waals surface area contributed by atoms with Crippen LogP contribution in [0.25, 0.3) is 11.4 Å². The first-order valence-corrected chi connectivity index (χ1v) is 6.34. The molecule has 9 heteroatoms. The molecule has 0 radical (unpaired) electrons. The molecule has 84 valence electrons. The lowest BCUT2D eigenvalue weighted by atomic mass is 10.3. The molecule has 2 aromatic rings. The first kappa shape index (κ1) is 10.8. The number of pyridine rings is 1. The average molecular weight is 261 g/mol. The van der Waals surface area contributed by atoms with Gasteiger partial charge in [-0.1, -0.05) is 0 Å². The molecule has 2 N–H and O–H groups in total. The van der Waals surface area contributed by atoms with Gasteiger partial charge in [0.25, 0.3) is 14.2 Å². The molecule has 0 aromatic carbocycles. The van der Waals surface area contributed by atoms with Crippen LogP contribution in [0.4, 0.5) is 0 Å². The van der Waals surface area contributed by atoms with Gasteiger partial charge in [-0.05, 0) is 6.07 Å². The van der Waals surface area contributed by atoms with E-state index in [0.717, 1.165) is 0 Å². The molecule has 0 saturated carbocycles. The zero-order valence-electron chi connectivity index (χ0n) is 7.64. The summed E-state index contributed by atoms with van der Waals surface area (Å²) in [5, 5.41) is 5.41. The molecular weight excluding hydrogens is 256 g/mol. The molecule has 0 unspecified atom stereocenters. The highest BCUT2D eigenvalue weighted by molar-refractivity contribution is 8.13. The molecule has 0 fully saturated rings. The summed E-state index contributed by atoms with van der Waals surface area (Å²) in [6.45, 7) is 0. The lowest BCUT2D eigenvalue weighted by Crippen LogP contribution is -2.01. The van der Waals surface area contributed by atoms with E-state index in [1.807, 2.05) is 0 Å². The molecule has 0 atom stereocenters. The van der Waals surface area contributed by atoms with Crippen molar-refractivity contribution >= 4 is 19.7 Å². The van der Waals surface area contributed by atoms with Crippen molar-refractivity contribution in [3.05, 3.63) is 28.7 Å². The number of hydrogen-bond acceptors (Lipinski definition) is 5. The second-order valence-corrected chi connectivity index (χ2v) is 5.32. The lowest BCUT2D eigenvalue weighted by molar-refractivity contribution is 0.602. The smallest absolute Gasteiger partial charge is 0.296 e. The summed E-state index contributed by atoms with van der Waals surface area (Å²) < 4.78 is 21.8. The van der Waals surface area contributed by atoms with Crippen LogP contribution in [-0.2, 0) is 9.05 Å². The van der Waals surface area contributed by atoms with Gasteiger partial charge in [0.2, 0.25) is 5.56 Å². The largest absolute Gasteiger partial charge is 0.328 e. The molecule has 0 aliphatic rings. The van der Waals surface area contributed by atoms with E-state index in [1.54, 1.807) is 0 Å². The van der Waals surface area contributed by atoms with Crippen LogP contribution in [0.5, 0.6) is 0 Å². The Morgan fingerprint density at radius 2 is 2.06 bits per heavy atom. The Labute approximate surface area is 93.9 Å². The zero-order valence-corrected chi connectivity index (χ0v) is 9.21. The van der Waals surface area contributed by atoms with Crippen LogP contribution in [0.1, 0.15) is 0 Å². The third kappa shape index (κ3) is 2.12. The molecule has 0 aliphatic heterocycles. The van der Waals surface area contributed by atoms with Crippen molar-refractivity contribution in [2.75, 3.05) is 0 Å². The van der Waals surface area contributed by atoms with Crippen LogP contribution in [-0.4, -0.2) is 28.6 Å². The topological polar surface area (TPSA) is 109 Å². The third-order valence-corrected chi connectivity index (χ3v) is 2.82. The van der Waals surface area contributed by atoms with Crippen LogP contribution in [0, 0.1) is 0 Å². The predicted molar refractivity (Wildman–Crippen MR) is 55.5 cm³/mol. The van der Waals surface area contributed by atoms with Crippen molar-refractivity contribution in [2.24, 2.45) is 0 Å². The summed E-state index contributed by atoms with van der Waals surface area (Å²) in [6.07, 6.45) is 1.37. The maximum absolute atomic E-state index is 10.9. The van der Waals surface area contributed by atoms with Gasteiger partial charge in [-0.2, -0.15) is 10.1 Å². The molecule has 2 aromatic heterocycles. The number of hydrogen-bond donors (Lipinski definition) is 2. The number of nitrogens with zero attached hydrogens (tertiary/aromatic N) is 2. The van der Waals surface area contributed by atoms with E-state index in [-0.39, 0.29) is 11.4 Å². The number of halogens is 1. The van der Waals surface area contributed by atoms with Crippen molar-refractivity contribution in [1.29, 1.82) is 0 Å². The van der Waals surface area contributed by atoms with Crippen LogP contribution in [0.2, 0.25) is 0 Å². The summed E-state index contributed by atoms with van der Waals surface area (Å²) >= 11 is 0. The van der Waals surface area contributed by atoms with Gasteiger partial charge in [-0.3, -0.25) is 4.79 Å². The molecule has 0 aliphatic carbocycles. The first-order valence-electron chi connectivity index (χ1n) is 4.03. The van der Waals surface area contributed by atoms with Crippen molar-refractivity contribution in [1.82, 2.24) is 20.2 Å². The number of aromatic amines is 2. The summed E-state index contributed by atoms with van der Waals surface area (Å²) in [4.78, 5) is 16.9. The molecule has 7 nitrogen and oxygen atoms in total. The fourth-order valence-electron chi connectivity index (χ4n) is 1.03. The quantitative estimate of drug-likeness (QED) is 0.744. The predicted octanol–water partition coefficient (Wildman–Crippen LogP) is 0.0875. The highest BCUT2D eigenvalue weighted by Crippen LogP contribution is 2.15. The Kier molecular flexibility index (Phi) is 2.52. The second-order valence-electron chi connectivity index (χ2n) is 2.84. The minimum atomic E-state index is -3.93. The van der Waals surface area contributed by atoms with Crippen molar-refractivity contribution in [3.8, 4) is 11.4 Å². The van der Waals surface area contributed by atoms with Gasteiger partial charge in [-0.15, -0.1) is 0 Å². The van der Waals surface area contributed by atoms with Crippen LogP contribution in [0.15, 0.2) is 28.3 Å². The molecular formula is C7H5ClN4O3S. The molecule has 2 heterocycles. The normalized spacial score (nSPS) is 11.6. The highest BCUT2D eigenvalue weighted by Gasteiger charge is 2.16. The third-order valence-electron chi connectivity index (χ3n) is 1.74.